The average molecular weight is 464 g/mol. The van der Waals surface area contributed by atoms with Crippen molar-refractivity contribution < 1.29 is 24.8 Å². The molecule has 0 aliphatic rings. The molecule has 2 aromatic carbocycles. The molecule has 5 nitrogen and oxygen atoms in total. The molecule has 0 radical (unpaired) electrons. The molecule has 160 valence electrons. The van der Waals surface area contributed by atoms with E-state index in [1.165, 1.54) is 0 Å². The van der Waals surface area contributed by atoms with Crippen LogP contribution in [0.15, 0.2) is 36.4 Å². The molecule has 8 heteroatoms. The molecule has 0 saturated carbocycles. The van der Waals surface area contributed by atoms with E-state index in [1.807, 2.05) is 32.0 Å². The summed E-state index contributed by atoms with van der Waals surface area (Å²) in [4.78, 5) is 0. The van der Waals surface area contributed by atoms with Crippen molar-refractivity contribution in [3.05, 3.63) is 57.6 Å². The van der Waals surface area contributed by atoms with Gasteiger partial charge in [0, 0.05) is 5.41 Å². The molecular formula is C21H25Cl3O5. The van der Waals surface area contributed by atoms with Crippen molar-refractivity contribution in [3.8, 4) is 11.5 Å². The van der Waals surface area contributed by atoms with E-state index in [4.69, 9.17) is 49.4 Å². The number of benzene rings is 2. The Kier molecular flexibility index (Phi) is 8.89. The zero-order valence-electron chi connectivity index (χ0n) is 16.2. The minimum Gasteiger partial charge on any atom is -0.489 e. The smallest absolute Gasteiger partial charge is 0.138 e. The number of alkyl halides is 1. The highest BCUT2D eigenvalue weighted by Gasteiger charge is 2.25. The van der Waals surface area contributed by atoms with Crippen LogP contribution >= 0.6 is 34.8 Å². The predicted octanol–water partition coefficient (Wildman–Crippen LogP) is 4.03. The Hall–Kier alpha value is -1.21. The van der Waals surface area contributed by atoms with Crippen LogP contribution in [0.4, 0.5) is 0 Å². The largest absolute Gasteiger partial charge is 0.489 e. The van der Waals surface area contributed by atoms with Crippen molar-refractivity contribution in [3.63, 3.8) is 0 Å². The maximum atomic E-state index is 9.52. The maximum absolute atomic E-state index is 9.52. The van der Waals surface area contributed by atoms with Crippen molar-refractivity contribution in [2.75, 3.05) is 25.7 Å². The van der Waals surface area contributed by atoms with E-state index in [-0.39, 0.29) is 25.7 Å². The highest BCUT2D eigenvalue weighted by Crippen LogP contribution is 2.38. The third-order valence-electron chi connectivity index (χ3n) is 4.56. The van der Waals surface area contributed by atoms with Crippen LogP contribution in [-0.2, 0) is 5.41 Å². The molecule has 0 aliphatic carbocycles. The fraction of sp³-hybridized carbons (Fsp3) is 0.429. The van der Waals surface area contributed by atoms with E-state index in [1.54, 1.807) is 18.2 Å². The van der Waals surface area contributed by atoms with Gasteiger partial charge in [-0.25, -0.2) is 0 Å². The van der Waals surface area contributed by atoms with Crippen LogP contribution in [0.5, 0.6) is 11.5 Å². The fourth-order valence-corrected chi connectivity index (χ4v) is 3.21. The van der Waals surface area contributed by atoms with Gasteiger partial charge < -0.3 is 24.8 Å². The summed E-state index contributed by atoms with van der Waals surface area (Å²) in [5.41, 5.74) is 1.48. The van der Waals surface area contributed by atoms with Crippen LogP contribution in [0.25, 0.3) is 0 Å². The van der Waals surface area contributed by atoms with E-state index in [9.17, 15) is 10.2 Å². The van der Waals surface area contributed by atoms with Gasteiger partial charge in [0.15, 0.2) is 0 Å². The quantitative estimate of drug-likeness (QED) is 0.464. The molecule has 29 heavy (non-hydrogen) atoms. The van der Waals surface area contributed by atoms with Crippen LogP contribution in [0.3, 0.4) is 0 Å². The highest BCUT2D eigenvalue weighted by atomic mass is 35.5. The monoisotopic (exact) mass is 462 g/mol. The summed E-state index contributed by atoms with van der Waals surface area (Å²) in [7, 11) is 0. The molecule has 0 bridgehead atoms. The summed E-state index contributed by atoms with van der Waals surface area (Å²) < 4.78 is 11.0. The molecule has 0 saturated heterocycles. The lowest BCUT2D eigenvalue weighted by Crippen LogP contribution is -2.22. The SMILES string of the molecule is CC(C)(c1ccc(OCC(O)CO)c(Cl)c1)c1ccc(OCC(O)CCl)c(Cl)c1. The second-order valence-corrected chi connectivity index (χ2v) is 8.30. The van der Waals surface area contributed by atoms with Gasteiger partial charge in [0.05, 0.1) is 22.5 Å². The predicted molar refractivity (Wildman–Crippen MR) is 116 cm³/mol. The number of halogens is 3. The van der Waals surface area contributed by atoms with Gasteiger partial charge in [0.1, 0.15) is 36.9 Å². The number of aliphatic hydroxyl groups excluding tert-OH is 3. The fourth-order valence-electron chi connectivity index (χ4n) is 2.65. The summed E-state index contributed by atoms with van der Waals surface area (Å²) >= 11 is 18.3. The first kappa shape index (κ1) is 24.1. The van der Waals surface area contributed by atoms with Crippen LogP contribution in [0.2, 0.25) is 10.0 Å². The molecule has 0 amide bonds. The Morgan fingerprint density at radius 1 is 0.862 bits per heavy atom. The maximum Gasteiger partial charge on any atom is 0.138 e. The lowest BCUT2D eigenvalue weighted by molar-refractivity contribution is 0.0536. The van der Waals surface area contributed by atoms with E-state index in [0.29, 0.717) is 21.5 Å². The van der Waals surface area contributed by atoms with Gasteiger partial charge in [-0.3, -0.25) is 0 Å². The molecule has 2 atom stereocenters. The molecular weight excluding hydrogens is 439 g/mol. The molecule has 2 rings (SSSR count). The van der Waals surface area contributed by atoms with Gasteiger partial charge in [-0.05, 0) is 35.4 Å². The van der Waals surface area contributed by atoms with E-state index in [0.717, 1.165) is 11.1 Å². The van der Waals surface area contributed by atoms with Crippen molar-refractivity contribution in [1.29, 1.82) is 0 Å². The Labute approximate surface area is 185 Å². The average Bonchev–Trinajstić information content (AvgIpc) is 2.71. The van der Waals surface area contributed by atoms with Gasteiger partial charge >= 0.3 is 0 Å². The third kappa shape index (κ3) is 6.38. The van der Waals surface area contributed by atoms with Crippen LogP contribution in [0.1, 0.15) is 25.0 Å². The number of hydrogen-bond acceptors (Lipinski definition) is 5. The Morgan fingerprint density at radius 3 is 1.69 bits per heavy atom. The van der Waals surface area contributed by atoms with Crippen molar-refractivity contribution in [2.24, 2.45) is 0 Å². The van der Waals surface area contributed by atoms with Crippen LogP contribution in [0, 0.1) is 0 Å². The molecule has 0 heterocycles. The molecule has 2 unspecified atom stereocenters. The lowest BCUT2D eigenvalue weighted by atomic mass is 9.78. The zero-order valence-corrected chi connectivity index (χ0v) is 18.5. The van der Waals surface area contributed by atoms with Crippen molar-refractivity contribution in [1.82, 2.24) is 0 Å². The Balaban J connectivity index is 2.19. The highest BCUT2D eigenvalue weighted by molar-refractivity contribution is 6.32. The standard InChI is InChI=1S/C21H25Cl3O5/c1-21(2,13-3-5-19(17(23)7-13)28-11-15(26)9-22)14-4-6-20(18(24)8-14)29-12-16(27)10-25/h3-8,15-16,25-27H,9-12H2,1-2H3. The van der Waals surface area contributed by atoms with Gasteiger partial charge in [0.2, 0.25) is 0 Å². The Morgan fingerprint density at radius 2 is 1.31 bits per heavy atom. The van der Waals surface area contributed by atoms with E-state index >= 15 is 0 Å². The topological polar surface area (TPSA) is 79.2 Å². The minimum atomic E-state index is -0.962. The first-order valence-corrected chi connectivity index (χ1v) is 10.4. The molecule has 3 N–H and O–H groups in total. The lowest BCUT2D eigenvalue weighted by Gasteiger charge is -2.27. The van der Waals surface area contributed by atoms with Gasteiger partial charge in [-0.2, -0.15) is 0 Å². The molecule has 2 aromatic rings. The van der Waals surface area contributed by atoms with Gasteiger partial charge in [0.25, 0.3) is 0 Å². The summed E-state index contributed by atoms with van der Waals surface area (Å²) in [5.74, 6) is 0.986. The van der Waals surface area contributed by atoms with E-state index < -0.39 is 17.6 Å². The number of ether oxygens (including phenoxy) is 2. The van der Waals surface area contributed by atoms with Crippen LogP contribution in [-0.4, -0.2) is 53.2 Å². The Bertz CT molecular complexity index is 747. The molecule has 0 fully saturated rings. The van der Waals surface area contributed by atoms with Crippen molar-refractivity contribution in [2.45, 2.75) is 31.5 Å². The van der Waals surface area contributed by atoms with Crippen molar-refractivity contribution >= 4 is 34.8 Å². The first-order valence-electron chi connectivity index (χ1n) is 9.07. The van der Waals surface area contributed by atoms with Gasteiger partial charge in [-0.15, -0.1) is 11.6 Å². The second kappa shape index (κ2) is 10.7. The summed E-state index contributed by atoms with van der Waals surface area (Å²) in [5, 5.41) is 28.6. The molecule has 0 aliphatic heterocycles. The van der Waals surface area contributed by atoms with Crippen LogP contribution < -0.4 is 9.47 Å². The third-order valence-corrected chi connectivity index (χ3v) is 5.51. The number of aliphatic hydroxyl groups is 3. The summed E-state index contributed by atoms with van der Waals surface area (Å²) in [6.45, 7) is 3.72. The van der Waals surface area contributed by atoms with Gasteiger partial charge in [-0.1, -0.05) is 49.2 Å². The number of rotatable bonds is 10. The minimum absolute atomic E-state index is 0.0472. The molecule has 0 aromatic heterocycles. The summed E-state index contributed by atoms with van der Waals surface area (Å²) in [6.07, 6.45) is -1.72. The zero-order chi connectivity index (χ0) is 21.6. The summed E-state index contributed by atoms with van der Waals surface area (Å²) in [6, 6.07) is 10.9. The number of hydrogen-bond donors (Lipinski definition) is 3. The first-order chi connectivity index (χ1) is 13.7. The normalized spacial score (nSPS) is 13.8. The molecule has 0 spiro atoms. The second-order valence-electron chi connectivity index (χ2n) is 7.18. The van der Waals surface area contributed by atoms with E-state index in [2.05, 4.69) is 0 Å².